The molecule has 0 saturated heterocycles. The maximum atomic E-state index is 11.0. The molecule has 0 rings (SSSR count). The van der Waals surface area contributed by atoms with Gasteiger partial charge in [-0.3, -0.25) is 0 Å². The third-order valence-electron chi connectivity index (χ3n) is 3.66. The van der Waals surface area contributed by atoms with Crippen LogP contribution in [-0.2, 0) is 0 Å². The molecule has 104 valence electrons. The summed E-state index contributed by atoms with van der Waals surface area (Å²) in [6, 6.07) is 0.264. The monoisotopic (exact) mass is 243 g/mol. The van der Waals surface area contributed by atoms with Crippen molar-refractivity contribution in [1.29, 1.82) is 0 Å². The number of aliphatic hydroxyl groups is 1. The van der Waals surface area contributed by atoms with Gasteiger partial charge in [0.25, 0.3) is 0 Å². The first-order valence-corrected chi connectivity index (χ1v) is 7.27. The van der Waals surface area contributed by atoms with Crippen LogP contribution in [0.4, 0.5) is 0 Å². The second-order valence-electron chi connectivity index (χ2n) is 5.96. The standard InChI is InChI=1S/C15H33NO/c1-7-9-11-15(17,12-10-8-2)14(13(3)4)16(5)6/h13-14,17H,7-12H2,1-6H3/t14-/m0/s1. The molecule has 0 aliphatic heterocycles. The lowest BCUT2D eigenvalue weighted by Crippen LogP contribution is -2.53. The minimum Gasteiger partial charge on any atom is -0.388 e. The first kappa shape index (κ1) is 16.9. The second kappa shape index (κ2) is 8.10. The minimum absolute atomic E-state index is 0.264. The Morgan fingerprint density at radius 3 is 1.65 bits per heavy atom. The van der Waals surface area contributed by atoms with Crippen LogP contribution < -0.4 is 0 Å². The molecule has 0 aromatic carbocycles. The smallest absolute Gasteiger partial charge is 0.0804 e. The number of likely N-dealkylation sites (N-methyl/N-ethyl adjacent to an activating group) is 1. The van der Waals surface area contributed by atoms with E-state index in [0.29, 0.717) is 5.92 Å². The molecule has 0 fully saturated rings. The fourth-order valence-corrected chi connectivity index (χ4v) is 3.08. The number of nitrogens with zero attached hydrogens (tertiary/aromatic N) is 1. The fraction of sp³-hybridized carbons (Fsp3) is 1.00. The molecular formula is C15H33NO. The van der Waals surface area contributed by atoms with Gasteiger partial charge in [-0.1, -0.05) is 53.4 Å². The molecule has 0 aliphatic rings. The quantitative estimate of drug-likeness (QED) is 0.667. The van der Waals surface area contributed by atoms with Crippen LogP contribution >= 0.6 is 0 Å². The molecule has 1 atom stereocenters. The van der Waals surface area contributed by atoms with Gasteiger partial charge in [-0.05, 0) is 32.9 Å². The molecular weight excluding hydrogens is 210 g/mol. The van der Waals surface area contributed by atoms with E-state index < -0.39 is 5.60 Å². The molecule has 0 heterocycles. The molecule has 2 heteroatoms. The predicted octanol–water partition coefficient (Wildman–Crippen LogP) is 3.68. The zero-order chi connectivity index (χ0) is 13.5. The van der Waals surface area contributed by atoms with E-state index in [9.17, 15) is 5.11 Å². The van der Waals surface area contributed by atoms with Crippen molar-refractivity contribution in [2.24, 2.45) is 5.92 Å². The Morgan fingerprint density at radius 2 is 1.41 bits per heavy atom. The molecule has 0 unspecified atom stereocenters. The van der Waals surface area contributed by atoms with Gasteiger partial charge in [-0.25, -0.2) is 0 Å². The van der Waals surface area contributed by atoms with Gasteiger partial charge in [0.05, 0.1) is 5.60 Å². The first-order chi connectivity index (χ1) is 7.89. The Bertz CT molecular complexity index is 173. The van der Waals surface area contributed by atoms with Crippen molar-refractivity contribution in [3.8, 4) is 0 Å². The lowest BCUT2D eigenvalue weighted by atomic mass is 9.78. The third-order valence-corrected chi connectivity index (χ3v) is 3.66. The van der Waals surface area contributed by atoms with Crippen LogP contribution in [0, 0.1) is 5.92 Å². The zero-order valence-electron chi connectivity index (χ0n) is 12.8. The minimum atomic E-state index is -0.510. The Balaban J connectivity index is 4.82. The van der Waals surface area contributed by atoms with E-state index in [1.54, 1.807) is 0 Å². The van der Waals surface area contributed by atoms with Crippen molar-refractivity contribution < 1.29 is 5.11 Å². The third kappa shape index (κ3) is 5.39. The van der Waals surface area contributed by atoms with Crippen molar-refractivity contribution in [2.45, 2.75) is 77.9 Å². The van der Waals surface area contributed by atoms with Gasteiger partial charge in [-0.2, -0.15) is 0 Å². The molecule has 0 saturated carbocycles. The summed E-state index contributed by atoms with van der Waals surface area (Å²) in [5.74, 6) is 0.490. The molecule has 0 aliphatic carbocycles. The maximum Gasteiger partial charge on any atom is 0.0804 e. The summed E-state index contributed by atoms with van der Waals surface area (Å²) in [7, 11) is 4.18. The van der Waals surface area contributed by atoms with Crippen molar-refractivity contribution in [3.05, 3.63) is 0 Å². The molecule has 0 aromatic heterocycles. The molecule has 0 spiro atoms. The highest BCUT2D eigenvalue weighted by Gasteiger charge is 2.38. The summed E-state index contributed by atoms with van der Waals surface area (Å²) >= 11 is 0. The van der Waals surface area contributed by atoms with Crippen molar-refractivity contribution in [2.75, 3.05) is 14.1 Å². The highest BCUT2D eigenvalue weighted by molar-refractivity contribution is 4.93. The van der Waals surface area contributed by atoms with Crippen LogP contribution in [0.3, 0.4) is 0 Å². The Morgan fingerprint density at radius 1 is 1.00 bits per heavy atom. The van der Waals surface area contributed by atoms with E-state index in [4.69, 9.17) is 0 Å². The summed E-state index contributed by atoms with van der Waals surface area (Å²) in [5, 5.41) is 11.0. The van der Waals surface area contributed by atoms with Gasteiger partial charge in [0.1, 0.15) is 0 Å². The van der Waals surface area contributed by atoms with E-state index >= 15 is 0 Å². The summed E-state index contributed by atoms with van der Waals surface area (Å²) in [6.45, 7) is 8.82. The number of rotatable bonds is 9. The van der Waals surface area contributed by atoms with Crippen LogP contribution in [0.25, 0.3) is 0 Å². The van der Waals surface area contributed by atoms with Gasteiger partial charge in [-0.15, -0.1) is 0 Å². The largest absolute Gasteiger partial charge is 0.388 e. The summed E-state index contributed by atoms with van der Waals surface area (Å²) in [5.41, 5.74) is -0.510. The van der Waals surface area contributed by atoms with Crippen molar-refractivity contribution >= 4 is 0 Å². The Labute approximate surface area is 108 Å². The number of unbranched alkanes of at least 4 members (excludes halogenated alkanes) is 2. The normalized spacial score (nSPS) is 14.6. The van der Waals surface area contributed by atoms with Gasteiger partial charge in [0.15, 0.2) is 0 Å². The van der Waals surface area contributed by atoms with Crippen LogP contribution in [0.1, 0.15) is 66.2 Å². The molecule has 0 aromatic rings. The van der Waals surface area contributed by atoms with Crippen LogP contribution in [0.2, 0.25) is 0 Å². The van der Waals surface area contributed by atoms with E-state index in [1.807, 2.05) is 0 Å². The summed E-state index contributed by atoms with van der Waals surface area (Å²) in [6.07, 6.45) is 6.43. The summed E-state index contributed by atoms with van der Waals surface area (Å²) < 4.78 is 0. The Kier molecular flexibility index (Phi) is 8.06. The zero-order valence-corrected chi connectivity index (χ0v) is 12.8. The maximum absolute atomic E-state index is 11.0. The average Bonchev–Trinajstić information content (AvgIpc) is 2.22. The molecule has 17 heavy (non-hydrogen) atoms. The molecule has 1 N–H and O–H groups in total. The molecule has 0 bridgehead atoms. The van der Waals surface area contributed by atoms with Crippen LogP contribution in [0.15, 0.2) is 0 Å². The van der Waals surface area contributed by atoms with Crippen LogP contribution in [0.5, 0.6) is 0 Å². The molecule has 2 nitrogen and oxygen atoms in total. The number of hydrogen-bond acceptors (Lipinski definition) is 2. The van der Waals surface area contributed by atoms with Gasteiger partial charge >= 0.3 is 0 Å². The Hall–Kier alpha value is -0.0800. The van der Waals surface area contributed by atoms with Crippen molar-refractivity contribution in [3.63, 3.8) is 0 Å². The fourth-order valence-electron chi connectivity index (χ4n) is 3.08. The van der Waals surface area contributed by atoms with Gasteiger partial charge < -0.3 is 10.0 Å². The van der Waals surface area contributed by atoms with E-state index in [0.717, 1.165) is 38.5 Å². The van der Waals surface area contributed by atoms with Crippen LogP contribution in [-0.4, -0.2) is 35.7 Å². The molecule has 0 radical (unpaired) electrons. The number of hydrogen-bond donors (Lipinski definition) is 1. The SMILES string of the molecule is CCCCC(O)(CCCC)[C@H](C(C)C)N(C)C. The topological polar surface area (TPSA) is 23.5 Å². The van der Waals surface area contributed by atoms with Crippen molar-refractivity contribution in [1.82, 2.24) is 4.90 Å². The first-order valence-electron chi connectivity index (χ1n) is 7.27. The van der Waals surface area contributed by atoms with Gasteiger partial charge in [0, 0.05) is 6.04 Å². The highest BCUT2D eigenvalue weighted by Crippen LogP contribution is 2.31. The van der Waals surface area contributed by atoms with E-state index in [-0.39, 0.29) is 6.04 Å². The van der Waals surface area contributed by atoms with E-state index in [1.165, 1.54) is 0 Å². The summed E-state index contributed by atoms with van der Waals surface area (Å²) in [4.78, 5) is 2.20. The predicted molar refractivity (Wildman–Crippen MR) is 76.3 cm³/mol. The second-order valence-corrected chi connectivity index (χ2v) is 5.96. The highest BCUT2D eigenvalue weighted by atomic mass is 16.3. The average molecular weight is 243 g/mol. The van der Waals surface area contributed by atoms with E-state index in [2.05, 4.69) is 46.7 Å². The van der Waals surface area contributed by atoms with Gasteiger partial charge in [0.2, 0.25) is 0 Å². The lowest BCUT2D eigenvalue weighted by Gasteiger charge is -2.43. The molecule has 0 amide bonds. The lowest BCUT2D eigenvalue weighted by molar-refractivity contribution is -0.0662.